The molecule has 1 fully saturated rings. The van der Waals surface area contributed by atoms with Crippen molar-refractivity contribution in [1.29, 1.82) is 0 Å². The van der Waals surface area contributed by atoms with E-state index in [0.717, 1.165) is 12.3 Å². The molecule has 17 heavy (non-hydrogen) atoms. The van der Waals surface area contributed by atoms with Gasteiger partial charge >= 0.3 is 0 Å². The van der Waals surface area contributed by atoms with E-state index in [4.69, 9.17) is 15.3 Å². The third kappa shape index (κ3) is 2.34. The standard InChI is InChI=1S/C12H17N3O2/c1-16-9-5-3-8(4-6-9)10-7-14-12(11(10)13)15-17-2/h3-6,10-11H,7,13H2,1-2H3,(H,14,15)/t10-,11-/m0/s1. The highest BCUT2D eigenvalue weighted by Crippen LogP contribution is 2.24. The van der Waals surface area contributed by atoms with Crippen molar-refractivity contribution >= 4 is 5.84 Å². The number of nitrogens with two attached hydrogens (primary N) is 1. The Kier molecular flexibility index (Phi) is 3.49. The van der Waals surface area contributed by atoms with Gasteiger partial charge < -0.3 is 20.6 Å². The predicted molar refractivity (Wildman–Crippen MR) is 66.2 cm³/mol. The molecule has 0 radical (unpaired) electrons. The van der Waals surface area contributed by atoms with E-state index in [1.54, 1.807) is 7.11 Å². The fourth-order valence-electron chi connectivity index (χ4n) is 2.02. The van der Waals surface area contributed by atoms with Gasteiger partial charge in [-0.15, -0.1) is 0 Å². The molecule has 0 saturated carbocycles. The van der Waals surface area contributed by atoms with Gasteiger partial charge in [-0.3, -0.25) is 0 Å². The van der Waals surface area contributed by atoms with E-state index in [1.807, 2.05) is 24.3 Å². The smallest absolute Gasteiger partial charge is 0.159 e. The van der Waals surface area contributed by atoms with E-state index in [9.17, 15) is 0 Å². The zero-order valence-corrected chi connectivity index (χ0v) is 10.0. The molecular formula is C12H17N3O2. The first-order valence-electron chi connectivity index (χ1n) is 5.50. The Hall–Kier alpha value is -1.75. The third-order valence-electron chi connectivity index (χ3n) is 2.99. The maximum absolute atomic E-state index is 6.11. The third-order valence-corrected chi connectivity index (χ3v) is 2.99. The lowest BCUT2D eigenvalue weighted by atomic mass is 9.94. The maximum atomic E-state index is 6.11. The summed E-state index contributed by atoms with van der Waals surface area (Å²) in [6.07, 6.45) is 0. The zero-order chi connectivity index (χ0) is 12.3. The molecule has 1 aromatic rings. The van der Waals surface area contributed by atoms with Crippen molar-refractivity contribution < 1.29 is 9.57 Å². The molecule has 1 heterocycles. The van der Waals surface area contributed by atoms with Crippen molar-refractivity contribution in [3.63, 3.8) is 0 Å². The second-order valence-corrected chi connectivity index (χ2v) is 3.95. The molecule has 0 spiro atoms. The van der Waals surface area contributed by atoms with Crippen LogP contribution in [0.5, 0.6) is 5.75 Å². The van der Waals surface area contributed by atoms with Gasteiger partial charge in [0.1, 0.15) is 12.9 Å². The molecule has 2 rings (SSSR count). The van der Waals surface area contributed by atoms with E-state index < -0.39 is 0 Å². The van der Waals surface area contributed by atoms with Gasteiger partial charge in [0, 0.05) is 12.5 Å². The summed E-state index contributed by atoms with van der Waals surface area (Å²) in [5.41, 5.74) is 7.28. The summed E-state index contributed by atoms with van der Waals surface area (Å²) >= 11 is 0. The van der Waals surface area contributed by atoms with Crippen LogP contribution in [0, 0.1) is 0 Å². The monoisotopic (exact) mass is 235 g/mol. The van der Waals surface area contributed by atoms with Crippen LogP contribution < -0.4 is 15.8 Å². The minimum atomic E-state index is -0.150. The molecule has 3 N–H and O–H groups in total. The van der Waals surface area contributed by atoms with Gasteiger partial charge in [-0.1, -0.05) is 17.3 Å². The number of nitrogens with one attached hydrogen (secondary N) is 1. The minimum Gasteiger partial charge on any atom is -0.497 e. The van der Waals surface area contributed by atoms with Gasteiger partial charge in [0.05, 0.1) is 13.2 Å². The fraction of sp³-hybridized carbons (Fsp3) is 0.417. The average molecular weight is 235 g/mol. The normalized spacial score (nSPS) is 25.7. The highest BCUT2D eigenvalue weighted by molar-refractivity contribution is 5.90. The Morgan fingerprint density at radius 1 is 1.29 bits per heavy atom. The van der Waals surface area contributed by atoms with Crippen LogP contribution in [0.2, 0.25) is 0 Å². The van der Waals surface area contributed by atoms with E-state index in [1.165, 1.54) is 12.7 Å². The Balaban J connectivity index is 2.15. The topological polar surface area (TPSA) is 68.9 Å². The summed E-state index contributed by atoms with van der Waals surface area (Å²) in [5, 5.41) is 7.02. The summed E-state index contributed by atoms with van der Waals surface area (Å²) in [6, 6.07) is 7.78. The van der Waals surface area contributed by atoms with Gasteiger partial charge in [-0.25, -0.2) is 0 Å². The Labute approximate surface area is 101 Å². The summed E-state index contributed by atoms with van der Waals surface area (Å²) in [5.74, 6) is 1.77. The second kappa shape index (κ2) is 5.05. The van der Waals surface area contributed by atoms with Gasteiger partial charge in [-0.2, -0.15) is 0 Å². The average Bonchev–Trinajstić information content (AvgIpc) is 2.72. The number of rotatable bonds is 3. The number of hydrogen-bond acceptors (Lipinski definition) is 4. The molecule has 5 heteroatoms. The van der Waals surface area contributed by atoms with E-state index in [0.29, 0.717) is 5.84 Å². The van der Waals surface area contributed by atoms with Crippen molar-refractivity contribution in [1.82, 2.24) is 5.32 Å². The Morgan fingerprint density at radius 2 is 2.00 bits per heavy atom. The number of nitrogens with zero attached hydrogens (tertiary/aromatic N) is 1. The largest absolute Gasteiger partial charge is 0.497 e. The molecule has 0 unspecified atom stereocenters. The van der Waals surface area contributed by atoms with E-state index in [2.05, 4.69) is 10.5 Å². The van der Waals surface area contributed by atoms with Gasteiger partial charge in [-0.05, 0) is 17.7 Å². The molecule has 0 aromatic heterocycles. The first-order valence-corrected chi connectivity index (χ1v) is 5.50. The second-order valence-electron chi connectivity index (χ2n) is 3.95. The quantitative estimate of drug-likeness (QED) is 0.755. The van der Waals surface area contributed by atoms with Crippen LogP contribution in [0.1, 0.15) is 11.5 Å². The van der Waals surface area contributed by atoms with Crippen molar-refractivity contribution in [2.75, 3.05) is 20.8 Å². The highest BCUT2D eigenvalue weighted by Gasteiger charge is 2.31. The zero-order valence-electron chi connectivity index (χ0n) is 10.0. The molecule has 1 aromatic carbocycles. The number of benzene rings is 1. The van der Waals surface area contributed by atoms with Crippen LogP contribution >= 0.6 is 0 Å². The summed E-state index contributed by atoms with van der Waals surface area (Å²) in [7, 11) is 3.17. The Bertz CT molecular complexity index is 403. The molecule has 1 saturated heterocycles. The number of amidine groups is 1. The molecule has 0 amide bonds. The molecule has 1 aliphatic rings. The van der Waals surface area contributed by atoms with Crippen LogP contribution in [0.4, 0.5) is 0 Å². The lowest BCUT2D eigenvalue weighted by Gasteiger charge is -2.14. The molecule has 0 aliphatic carbocycles. The van der Waals surface area contributed by atoms with Crippen LogP contribution in [-0.4, -0.2) is 32.6 Å². The predicted octanol–water partition coefficient (Wildman–Crippen LogP) is 0.669. The molecular weight excluding hydrogens is 218 g/mol. The first kappa shape index (κ1) is 11.7. The number of methoxy groups -OCH3 is 1. The minimum absolute atomic E-state index is 0.150. The van der Waals surface area contributed by atoms with Crippen molar-refractivity contribution in [3.8, 4) is 5.75 Å². The number of hydrogen-bond donors (Lipinski definition) is 2. The molecule has 0 bridgehead atoms. The summed E-state index contributed by atoms with van der Waals surface area (Å²) in [4.78, 5) is 4.74. The van der Waals surface area contributed by atoms with Crippen LogP contribution in [0.25, 0.3) is 0 Å². The van der Waals surface area contributed by atoms with Gasteiger partial charge in [0.25, 0.3) is 0 Å². The molecule has 5 nitrogen and oxygen atoms in total. The van der Waals surface area contributed by atoms with Gasteiger partial charge in [0.15, 0.2) is 5.84 Å². The molecule has 1 aliphatic heterocycles. The van der Waals surface area contributed by atoms with E-state index in [-0.39, 0.29) is 12.0 Å². The summed E-state index contributed by atoms with van der Waals surface area (Å²) < 4.78 is 5.13. The lowest BCUT2D eigenvalue weighted by molar-refractivity contribution is 0.211. The highest BCUT2D eigenvalue weighted by atomic mass is 16.6. The van der Waals surface area contributed by atoms with Crippen LogP contribution in [0.3, 0.4) is 0 Å². The van der Waals surface area contributed by atoms with Gasteiger partial charge in [0.2, 0.25) is 0 Å². The number of ether oxygens (including phenoxy) is 1. The molecule has 92 valence electrons. The lowest BCUT2D eigenvalue weighted by Crippen LogP contribution is -2.33. The molecule has 2 atom stereocenters. The Morgan fingerprint density at radius 3 is 2.59 bits per heavy atom. The SMILES string of the molecule is CON=C1NC[C@@H](c2ccc(OC)cc2)[C@@H]1N. The van der Waals surface area contributed by atoms with Crippen LogP contribution in [0.15, 0.2) is 29.4 Å². The van der Waals surface area contributed by atoms with E-state index >= 15 is 0 Å². The van der Waals surface area contributed by atoms with Crippen molar-refractivity contribution in [2.45, 2.75) is 12.0 Å². The summed E-state index contributed by atoms with van der Waals surface area (Å²) in [6.45, 7) is 0.774. The fourth-order valence-corrected chi connectivity index (χ4v) is 2.02. The number of oxime groups is 1. The van der Waals surface area contributed by atoms with Crippen molar-refractivity contribution in [2.24, 2.45) is 10.9 Å². The van der Waals surface area contributed by atoms with Crippen LogP contribution in [-0.2, 0) is 4.84 Å². The van der Waals surface area contributed by atoms with Crippen molar-refractivity contribution in [3.05, 3.63) is 29.8 Å². The maximum Gasteiger partial charge on any atom is 0.159 e. The first-order chi connectivity index (χ1) is 8.26.